The first-order chi connectivity index (χ1) is 13.5. The molecule has 2 heterocycles. The van der Waals surface area contributed by atoms with E-state index < -0.39 is 0 Å². The minimum absolute atomic E-state index is 0.00604. The predicted octanol–water partition coefficient (Wildman–Crippen LogP) is 3.74. The average molecular weight is 400 g/mol. The standard InChI is InChI=1S/C22H25NO4S/c1-15-6-10-21(28-15)19(25)9-7-18(24)8-11-22(26)23-13-16-12-17-4-2-3-5-20(17)27-14-16/h2-6,10,16H,7-9,11-14H2,1H3,(H,23,26). The number of amides is 1. The number of ether oxygens (including phenoxy) is 1. The summed E-state index contributed by atoms with van der Waals surface area (Å²) in [6.07, 6.45) is 1.61. The van der Waals surface area contributed by atoms with Gasteiger partial charge < -0.3 is 10.1 Å². The molecule has 0 spiro atoms. The van der Waals surface area contributed by atoms with Gasteiger partial charge in [-0.15, -0.1) is 11.3 Å². The lowest BCUT2D eigenvalue weighted by Crippen LogP contribution is -2.34. The van der Waals surface area contributed by atoms with Crippen LogP contribution in [0.25, 0.3) is 0 Å². The van der Waals surface area contributed by atoms with Gasteiger partial charge in [0, 0.05) is 43.0 Å². The van der Waals surface area contributed by atoms with E-state index in [9.17, 15) is 14.4 Å². The van der Waals surface area contributed by atoms with Crippen molar-refractivity contribution in [1.29, 1.82) is 0 Å². The summed E-state index contributed by atoms with van der Waals surface area (Å²) >= 11 is 1.45. The molecule has 148 valence electrons. The SMILES string of the molecule is Cc1ccc(C(=O)CCC(=O)CCC(=O)NCC2COc3ccccc3C2)s1. The number of ketones is 2. The van der Waals surface area contributed by atoms with Crippen molar-refractivity contribution in [3.63, 3.8) is 0 Å². The molecule has 3 rings (SSSR count). The molecule has 1 atom stereocenters. The molecule has 1 aliphatic heterocycles. The van der Waals surface area contributed by atoms with Crippen molar-refractivity contribution in [2.75, 3.05) is 13.2 Å². The van der Waals surface area contributed by atoms with E-state index in [-0.39, 0.29) is 49.1 Å². The Bertz CT molecular complexity index is 858. The summed E-state index contributed by atoms with van der Waals surface area (Å²) in [5.74, 6) is 0.969. The van der Waals surface area contributed by atoms with Crippen LogP contribution < -0.4 is 10.1 Å². The summed E-state index contributed by atoms with van der Waals surface area (Å²) in [7, 11) is 0. The lowest BCUT2D eigenvalue weighted by atomic mass is 9.96. The van der Waals surface area contributed by atoms with Gasteiger partial charge in [0.2, 0.25) is 5.91 Å². The largest absolute Gasteiger partial charge is 0.493 e. The first kappa shape index (κ1) is 20.3. The molecule has 0 aliphatic carbocycles. The van der Waals surface area contributed by atoms with E-state index in [0.29, 0.717) is 18.0 Å². The summed E-state index contributed by atoms with van der Waals surface area (Å²) in [5.41, 5.74) is 1.16. The van der Waals surface area contributed by atoms with Crippen LogP contribution in [-0.4, -0.2) is 30.6 Å². The Balaban J connectivity index is 1.32. The fraction of sp³-hybridized carbons (Fsp3) is 0.409. The number of hydrogen-bond donors (Lipinski definition) is 1. The van der Waals surface area contributed by atoms with E-state index in [1.165, 1.54) is 11.3 Å². The number of rotatable bonds is 9. The van der Waals surface area contributed by atoms with Crippen molar-refractivity contribution in [1.82, 2.24) is 5.32 Å². The molecular weight excluding hydrogens is 374 g/mol. The number of Topliss-reactive ketones (excluding diaryl/α,β-unsaturated/α-hetero) is 2. The minimum atomic E-state index is -0.132. The molecule has 1 aliphatic rings. The summed E-state index contributed by atoms with van der Waals surface area (Å²) < 4.78 is 5.72. The number of thiophene rings is 1. The zero-order chi connectivity index (χ0) is 19.9. The van der Waals surface area contributed by atoms with Gasteiger partial charge in [-0.25, -0.2) is 0 Å². The Morgan fingerprint density at radius 1 is 1.07 bits per heavy atom. The summed E-state index contributed by atoms with van der Waals surface area (Å²) in [6, 6.07) is 11.6. The fourth-order valence-corrected chi connectivity index (χ4v) is 4.04. The van der Waals surface area contributed by atoms with Crippen LogP contribution in [0.3, 0.4) is 0 Å². The van der Waals surface area contributed by atoms with Crippen LogP contribution in [0.5, 0.6) is 5.75 Å². The molecule has 0 radical (unpaired) electrons. The molecule has 5 nitrogen and oxygen atoms in total. The third-order valence-corrected chi connectivity index (χ3v) is 5.86. The van der Waals surface area contributed by atoms with E-state index in [1.807, 2.05) is 37.3 Å². The van der Waals surface area contributed by atoms with Crippen LogP contribution in [0.15, 0.2) is 36.4 Å². The molecule has 1 aromatic heterocycles. The Morgan fingerprint density at radius 2 is 1.86 bits per heavy atom. The van der Waals surface area contributed by atoms with Crippen molar-refractivity contribution in [2.24, 2.45) is 5.92 Å². The van der Waals surface area contributed by atoms with Crippen molar-refractivity contribution in [3.05, 3.63) is 51.7 Å². The van der Waals surface area contributed by atoms with Crippen LogP contribution in [0, 0.1) is 12.8 Å². The van der Waals surface area contributed by atoms with Crippen LogP contribution >= 0.6 is 11.3 Å². The number of carbonyl (C=O) groups is 3. The smallest absolute Gasteiger partial charge is 0.220 e. The first-order valence-corrected chi connectivity index (χ1v) is 10.4. The monoisotopic (exact) mass is 399 g/mol. The highest BCUT2D eigenvalue weighted by Crippen LogP contribution is 2.26. The van der Waals surface area contributed by atoms with E-state index >= 15 is 0 Å². The molecule has 1 unspecified atom stereocenters. The minimum Gasteiger partial charge on any atom is -0.493 e. The normalized spacial score (nSPS) is 15.4. The molecule has 1 aromatic carbocycles. The van der Waals surface area contributed by atoms with Crippen LogP contribution in [0.1, 0.15) is 45.8 Å². The zero-order valence-corrected chi connectivity index (χ0v) is 16.8. The molecule has 0 saturated heterocycles. The highest BCUT2D eigenvalue weighted by atomic mass is 32.1. The highest BCUT2D eigenvalue weighted by molar-refractivity contribution is 7.14. The van der Waals surface area contributed by atoms with Gasteiger partial charge in [0.15, 0.2) is 5.78 Å². The number of hydrogen-bond acceptors (Lipinski definition) is 5. The molecule has 1 amide bonds. The van der Waals surface area contributed by atoms with E-state index in [0.717, 1.165) is 22.6 Å². The number of nitrogens with one attached hydrogen (secondary N) is 1. The van der Waals surface area contributed by atoms with Crippen LogP contribution in [0.2, 0.25) is 0 Å². The van der Waals surface area contributed by atoms with Crippen molar-refractivity contribution < 1.29 is 19.1 Å². The number of para-hydroxylation sites is 1. The maximum Gasteiger partial charge on any atom is 0.220 e. The number of fused-ring (bicyclic) bond motifs is 1. The molecular formula is C22H25NO4S. The molecule has 0 saturated carbocycles. The van der Waals surface area contributed by atoms with Crippen molar-refractivity contribution in [2.45, 2.75) is 39.0 Å². The van der Waals surface area contributed by atoms with Gasteiger partial charge in [0.05, 0.1) is 11.5 Å². The number of aryl methyl sites for hydroxylation is 1. The molecule has 28 heavy (non-hydrogen) atoms. The molecule has 2 aromatic rings. The van der Waals surface area contributed by atoms with E-state index in [1.54, 1.807) is 6.07 Å². The Kier molecular flexibility index (Phi) is 6.98. The van der Waals surface area contributed by atoms with Crippen LogP contribution in [-0.2, 0) is 16.0 Å². The van der Waals surface area contributed by atoms with Crippen LogP contribution in [0.4, 0.5) is 0 Å². The summed E-state index contributed by atoms with van der Waals surface area (Å²) in [5, 5.41) is 2.90. The second kappa shape index (κ2) is 9.64. The third-order valence-electron chi connectivity index (χ3n) is 4.82. The molecule has 0 bridgehead atoms. The van der Waals surface area contributed by atoms with Gasteiger partial charge in [-0.05, 0) is 37.1 Å². The van der Waals surface area contributed by atoms with Gasteiger partial charge in [-0.2, -0.15) is 0 Å². The van der Waals surface area contributed by atoms with Crippen molar-refractivity contribution >= 4 is 28.8 Å². The van der Waals surface area contributed by atoms with E-state index in [2.05, 4.69) is 5.32 Å². The second-order valence-corrected chi connectivity index (χ2v) is 8.45. The molecule has 1 N–H and O–H groups in total. The van der Waals surface area contributed by atoms with Gasteiger partial charge in [-0.1, -0.05) is 18.2 Å². The highest BCUT2D eigenvalue weighted by Gasteiger charge is 2.20. The third kappa shape index (κ3) is 5.76. The quantitative estimate of drug-likeness (QED) is 0.652. The van der Waals surface area contributed by atoms with Gasteiger partial charge in [-0.3, -0.25) is 14.4 Å². The maximum absolute atomic E-state index is 12.0. The van der Waals surface area contributed by atoms with Crippen molar-refractivity contribution in [3.8, 4) is 5.75 Å². The number of carbonyl (C=O) groups excluding carboxylic acids is 3. The summed E-state index contributed by atoms with van der Waals surface area (Å²) in [6.45, 7) is 3.07. The maximum atomic E-state index is 12.0. The fourth-order valence-electron chi connectivity index (χ4n) is 3.21. The van der Waals surface area contributed by atoms with Gasteiger partial charge >= 0.3 is 0 Å². The topological polar surface area (TPSA) is 72.5 Å². The van der Waals surface area contributed by atoms with E-state index in [4.69, 9.17) is 4.74 Å². The lowest BCUT2D eigenvalue weighted by Gasteiger charge is -2.25. The summed E-state index contributed by atoms with van der Waals surface area (Å²) in [4.78, 5) is 37.8. The second-order valence-electron chi connectivity index (χ2n) is 7.17. The first-order valence-electron chi connectivity index (χ1n) is 9.60. The Morgan fingerprint density at radius 3 is 2.64 bits per heavy atom. The lowest BCUT2D eigenvalue weighted by molar-refractivity contribution is -0.125. The average Bonchev–Trinajstić information content (AvgIpc) is 3.15. The van der Waals surface area contributed by atoms with Gasteiger partial charge in [0.1, 0.15) is 11.5 Å². The Hall–Kier alpha value is -2.47. The molecule has 0 fully saturated rings. The molecule has 6 heteroatoms. The van der Waals surface area contributed by atoms with Gasteiger partial charge in [0.25, 0.3) is 0 Å². The predicted molar refractivity (Wildman–Crippen MR) is 109 cm³/mol. The number of benzene rings is 1. The Labute approximate surface area is 169 Å². The zero-order valence-electron chi connectivity index (χ0n) is 16.0.